The van der Waals surface area contributed by atoms with Gasteiger partial charge in [0.15, 0.2) is 0 Å². The van der Waals surface area contributed by atoms with Gasteiger partial charge in [-0.25, -0.2) is 15.0 Å². The molecule has 30 heavy (non-hydrogen) atoms. The molecule has 1 fully saturated rings. The van der Waals surface area contributed by atoms with E-state index >= 15 is 0 Å². The zero-order chi connectivity index (χ0) is 20.1. The molecule has 1 saturated carbocycles. The van der Waals surface area contributed by atoms with Gasteiger partial charge in [-0.2, -0.15) is 0 Å². The molecule has 2 aliphatic carbocycles. The molecule has 0 aliphatic heterocycles. The van der Waals surface area contributed by atoms with Crippen molar-refractivity contribution in [3.63, 3.8) is 0 Å². The van der Waals surface area contributed by atoms with Crippen LogP contribution in [0, 0.1) is 0 Å². The lowest BCUT2D eigenvalue weighted by Gasteiger charge is -2.23. The molecule has 0 bridgehead atoms. The number of nitrogens with zero attached hydrogens (tertiary/aromatic N) is 4. The highest BCUT2D eigenvalue weighted by Crippen LogP contribution is 2.39. The van der Waals surface area contributed by atoms with Gasteiger partial charge in [-0.05, 0) is 43.4 Å². The molecule has 2 N–H and O–H groups in total. The maximum absolute atomic E-state index is 6.30. The number of nitrogens with two attached hydrogens (primary N) is 1. The number of fused-ring (bicyclic) bond motifs is 2. The number of hydrogen-bond acceptors (Lipinski definition) is 4. The van der Waals surface area contributed by atoms with E-state index in [-0.39, 0.29) is 0 Å². The zero-order valence-corrected chi connectivity index (χ0v) is 16.8. The number of nitrogen functional groups attached to an aromatic ring is 1. The molecule has 148 valence electrons. The third-order valence-corrected chi connectivity index (χ3v) is 6.34. The van der Waals surface area contributed by atoms with Gasteiger partial charge in [0, 0.05) is 29.3 Å². The summed E-state index contributed by atoms with van der Waals surface area (Å²) in [5.74, 6) is 2.12. The first-order valence-electron chi connectivity index (χ1n) is 10.7. The SMILES string of the molecule is Nc1nccn2c(C3CCC3)nc(-c3ccc4ccc(C5=CCCC=C5)nc4c3)c12. The fourth-order valence-electron chi connectivity index (χ4n) is 4.47. The van der Waals surface area contributed by atoms with E-state index < -0.39 is 0 Å². The maximum Gasteiger partial charge on any atom is 0.150 e. The van der Waals surface area contributed by atoms with Gasteiger partial charge >= 0.3 is 0 Å². The lowest BCUT2D eigenvalue weighted by atomic mass is 9.85. The number of rotatable bonds is 3. The first kappa shape index (κ1) is 17.4. The van der Waals surface area contributed by atoms with Crippen molar-refractivity contribution < 1.29 is 0 Å². The molecule has 0 radical (unpaired) electrons. The van der Waals surface area contributed by atoms with E-state index in [1.54, 1.807) is 6.20 Å². The van der Waals surface area contributed by atoms with E-state index in [1.165, 1.54) is 24.8 Å². The number of imidazole rings is 1. The lowest BCUT2D eigenvalue weighted by molar-refractivity contribution is 0.400. The fourth-order valence-corrected chi connectivity index (χ4v) is 4.47. The van der Waals surface area contributed by atoms with Gasteiger partial charge in [0.2, 0.25) is 0 Å². The second kappa shape index (κ2) is 6.80. The largest absolute Gasteiger partial charge is 0.382 e. The predicted molar refractivity (Wildman–Crippen MR) is 121 cm³/mol. The highest BCUT2D eigenvalue weighted by Gasteiger charge is 2.26. The molecule has 0 atom stereocenters. The summed E-state index contributed by atoms with van der Waals surface area (Å²) in [5.41, 5.74) is 12.3. The summed E-state index contributed by atoms with van der Waals surface area (Å²) in [6.45, 7) is 0. The molecular weight excluding hydrogens is 370 g/mol. The third-order valence-electron chi connectivity index (χ3n) is 6.34. The second-order valence-corrected chi connectivity index (χ2v) is 8.22. The molecule has 5 heteroatoms. The Labute approximate surface area is 175 Å². The van der Waals surface area contributed by atoms with Gasteiger partial charge in [0.1, 0.15) is 22.9 Å². The van der Waals surface area contributed by atoms with Crippen LogP contribution in [-0.2, 0) is 0 Å². The van der Waals surface area contributed by atoms with Crippen molar-refractivity contribution in [2.24, 2.45) is 0 Å². The Kier molecular flexibility index (Phi) is 3.94. The van der Waals surface area contributed by atoms with Crippen LogP contribution in [0.15, 0.2) is 61.0 Å². The van der Waals surface area contributed by atoms with Crippen molar-refractivity contribution in [3.05, 3.63) is 72.5 Å². The van der Waals surface area contributed by atoms with Gasteiger partial charge < -0.3 is 5.73 Å². The van der Waals surface area contributed by atoms with Crippen molar-refractivity contribution >= 4 is 27.8 Å². The summed E-state index contributed by atoms with van der Waals surface area (Å²) < 4.78 is 2.13. The number of hydrogen-bond donors (Lipinski definition) is 1. The quantitative estimate of drug-likeness (QED) is 0.497. The zero-order valence-electron chi connectivity index (χ0n) is 16.8. The van der Waals surface area contributed by atoms with Gasteiger partial charge in [-0.15, -0.1) is 0 Å². The van der Waals surface area contributed by atoms with Crippen molar-refractivity contribution in [1.82, 2.24) is 19.4 Å². The minimum atomic E-state index is 0.503. The number of benzene rings is 1. The molecular formula is C25H23N5. The monoisotopic (exact) mass is 393 g/mol. The van der Waals surface area contributed by atoms with E-state index in [9.17, 15) is 0 Å². The van der Waals surface area contributed by atoms with E-state index in [2.05, 4.69) is 57.9 Å². The molecule has 1 aromatic carbocycles. The molecule has 0 unspecified atom stereocenters. The van der Waals surface area contributed by atoms with Crippen LogP contribution in [0.1, 0.15) is 49.5 Å². The van der Waals surface area contributed by atoms with E-state index in [1.807, 2.05) is 6.20 Å². The molecule has 4 aromatic rings. The summed E-state index contributed by atoms with van der Waals surface area (Å²) >= 11 is 0. The Morgan fingerprint density at radius 3 is 2.73 bits per heavy atom. The average molecular weight is 393 g/mol. The Bertz CT molecular complexity index is 1340. The molecule has 5 nitrogen and oxygen atoms in total. The van der Waals surface area contributed by atoms with E-state index in [0.717, 1.165) is 52.0 Å². The molecule has 3 aromatic heterocycles. The normalized spacial score (nSPS) is 16.7. The lowest BCUT2D eigenvalue weighted by Crippen LogP contribution is -2.12. The van der Waals surface area contributed by atoms with Crippen molar-refractivity contribution in [3.8, 4) is 11.3 Å². The summed E-state index contributed by atoms with van der Waals surface area (Å²) in [6.07, 6.45) is 16.2. The van der Waals surface area contributed by atoms with Crippen molar-refractivity contribution in [1.29, 1.82) is 0 Å². The highest BCUT2D eigenvalue weighted by atomic mass is 15.1. The van der Waals surface area contributed by atoms with Crippen LogP contribution in [0.25, 0.3) is 33.3 Å². The van der Waals surface area contributed by atoms with Gasteiger partial charge in [0.25, 0.3) is 0 Å². The molecule has 2 aliphatic rings. The minimum Gasteiger partial charge on any atom is -0.382 e. The fraction of sp³-hybridized carbons (Fsp3) is 0.240. The van der Waals surface area contributed by atoms with Crippen LogP contribution < -0.4 is 5.73 Å². The maximum atomic E-state index is 6.30. The van der Waals surface area contributed by atoms with E-state index in [0.29, 0.717) is 11.7 Å². The van der Waals surface area contributed by atoms with Gasteiger partial charge in [-0.3, -0.25) is 4.40 Å². The average Bonchev–Trinajstić information content (AvgIpc) is 3.13. The van der Waals surface area contributed by atoms with Crippen LogP contribution in [-0.4, -0.2) is 19.4 Å². The number of anilines is 1. The highest BCUT2D eigenvalue weighted by molar-refractivity contribution is 5.91. The van der Waals surface area contributed by atoms with Crippen LogP contribution >= 0.6 is 0 Å². The minimum absolute atomic E-state index is 0.503. The summed E-state index contributed by atoms with van der Waals surface area (Å²) in [6, 6.07) is 10.6. The molecule has 0 spiro atoms. The number of pyridine rings is 1. The van der Waals surface area contributed by atoms with Crippen molar-refractivity contribution in [2.75, 3.05) is 5.73 Å². The van der Waals surface area contributed by atoms with Gasteiger partial charge in [0.05, 0.1) is 11.2 Å². The number of aromatic nitrogens is 4. The third kappa shape index (κ3) is 2.73. The van der Waals surface area contributed by atoms with Crippen molar-refractivity contribution in [2.45, 2.75) is 38.0 Å². The first-order valence-corrected chi connectivity index (χ1v) is 10.7. The standard InChI is InChI=1S/C25H23N5/c26-24-23-22(29-25(18-7-4-8-18)30(23)14-13-27-24)19-10-9-17-11-12-20(28-21(17)15-19)16-5-2-1-3-6-16/h2,5-6,9-15,18H,1,3-4,7-8H2,(H2,26,27). The molecule has 0 amide bonds. The van der Waals surface area contributed by atoms with E-state index in [4.69, 9.17) is 15.7 Å². The first-order chi connectivity index (χ1) is 14.8. The number of allylic oxidation sites excluding steroid dienone is 4. The second-order valence-electron chi connectivity index (χ2n) is 8.22. The predicted octanol–water partition coefficient (Wildman–Crippen LogP) is 5.53. The van der Waals surface area contributed by atoms with Crippen LogP contribution in [0.3, 0.4) is 0 Å². The summed E-state index contributed by atoms with van der Waals surface area (Å²) in [5, 5.41) is 1.12. The summed E-state index contributed by atoms with van der Waals surface area (Å²) in [7, 11) is 0. The smallest absolute Gasteiger partial charge is 0.150 e. The Morgan fingerprint density at radius 1 is 1.03 bits per heavy atom. The van der Waals surface area contributed by atoms with Crippen LogP contribution in [0.4, 0.5) is 5.82 Å². The Balaban J connectivity index is 1.52. The summed E-state index contributed by atoms with van der Waals surface area (Å²) in [4.78, 5) is 14.3. The van der Waals surface area contributed by atoms with Crippen LogP contribution in [0.5, 0.6) is 0 Å². The molecule has 6 rings (SSSR count). The molecule has 3 heterocycles. The topological polar surface area (TPSA) is 69.1 Å². The van der Waals surface area contributed by atoms with Gasteiger partial charge in [-0.1, -0.05) is 42.8 Å². The molecule has 0 saturated heterocycles. The van der Waals surface area contributed by atoms with Crippen LogP contribution in [0.2, 0.25) is 0 Å². The Morgan fingerprint density at radius 2 is 1.93 bits per heavy atom. The Hall–Kier alpha value is -3.47.